The first kappa shape index (κ1) is 15.8. The predicted octanol–water partition coefficient (Wildman–Crippen LogP) is 1.78. The van der Waals surface area contributed by atoms with Gasteiger partial charge in [-0.05, 0) is 44.2 Å². The van der Waals surface area contributed by atoms with Crippen LogP contribution in [-0.2, 0) is 0 Å². The predicted molar refractivity (Wildman–Crippen MR) is 85.4 cm³/mol. The van der Waals surface area contributed by atoms with Gasteiger partial charge in [-0.25, -0.2) is 4.98 Å². The molecular weight excluding hydrogens is 264 g/mol. The van der Waals surface area contributed by atoms with Crippen LogP contribution in [0.3, 0.4) is 0 Å². The van der Waals surface area contributed by atoms with Crippen molar-refractivity contribution in [2.75, 3.05) is 24.5 Å². The minimum atomic E-state index is -0.0815. The van der Waals surface area contributed by atoms with Crippen LogP contribution in [0, 0.1) is 5.92 Å². The van der Waals surface area contributed by atoms with Crippen molar-refractivity contribution in [3.05, 3.63) is 23.9 Å². The Balaban J connectivity index is 1.88. The molecule has 1 aromatic rings. The summed E-state index contributed by atoms with van der Waals surface area (Å²) in [5.74, 6) is 1.69. The van der Waals surface area contributed by atoms with Crippen LogP contribution in [0.25, 0.3) is 0 Å². The smallest absolute Gasteiger partial charge is 0.252 e. The van der Waals surface area contributed by atoms with Gasteiger partial charge in [0.15, 0.2) is 0 Å². The zero-order valence-corrected chi connectivity index (χ0v) is 13.0. The maximum Gasteiger partial charge on any atom is 0.252 e. The Morgan fingerprint density at radius 1 is 1.48 bits per heavy atom. The molecule has 1 unspecified atom stereocenters. The third-order valence-electron chi connectivity index (χ3n) is 4.00. The van der Waals surface area contributed by atoms with Crippen molar-refractivity contribution in [2.24, 2.45) is 11.7 Å². The highest BCUT2D eigenvalue weighted by atomic mass is 16.1. The highest BCUT2D eigenvalue weighted by Gasteiger charge is 2.17. The summed E-state index contributed by atoms with van der Waals surface area (Å²) in [5, 5.41) is 2.86. The van der Waals surface area contributed by atoms with Gasteiger partial charge in [-0.2, -0.15) is 0 Å². The van der Waals surface area contributed by atoms with Gasteiger partial charge >= 0.3 is 0 Å². The van der Waals surface area contributed by atoms with Crippen molar-refractivity contribution in [3.63, 3.8) is 0 Å². The normalized spacial score (nSPS) is 17.6. The van der Waals surface area contributed by atoms with Gasteiger partial charge in [0.25, 0.3) is 5.91 Å². The molecule has 2 rings (SSSR count). The molecule has 1 aromatic heterocycles. The molecule has 1 aliphatic heterocycles. The summed E-state index contributed by atoms with van der Waals surface area (Å²) in [6.07, 6.45) is 4.86. The minimum Gasteiger partial charge on any atom is -0.357 e. The largest absolute Gasteiger partial charge is 0.357 e. The summed E-state index contributed by atoms with van der Waals surface area (Å²) in [4.78, 5) is 18.7. The average Bonchev–Trinajstić information content (AvgIpc) is 2.48. The quantitative estimate of drug-likeness (QED) is 0.867. The van der Waals surface area contributed by atoms with Crippen LogP contribution in [0.4, 0.5) is 5.82 Å². The van der Waals surface area contributed by atoms with Crippen molar-refractivity contribution in [2.45, 2.75) is 39.2 Å². The van der Waals surface area contributed by atoms with Crippen molar-refractivity contribution >= 4 is 11.7 Å². The van der Waals surface area contributed by atoms with E-state index >= 15 is 0 Å². The highest BCUT2D eigenvalue weighted by Crippen LogP contribution is 2.21. The first-order valence-corrected chi connectivity index (χ1v) is 7.81. The van der Waals surface area contributed by atoms with Crippen molar-refractivity contribution in [3.8, 4) is 0 Å². The van der Waals surface area contributed by atoms with E-state index in [1.165, 1.54) is 12.8 Å². The van der Waals surface area contributed by atoms with Gasteiger partial charge in [0.1, 0.15) is 5.82 Å². The average molecular weight is 290 g/mol. The number of carbonyl (C=O) groups is 1. The zero-order chi connectivity index (χ0) is 15.2. The first-order valence-electron chi connectivity index (χ1n) is 7.81. The lowest BCUT2D eigenvalue weighted by molar-refractivity contribution is 0.0952. The molecule has 1 aliphatic rings. The molecule has 3 N–H and O–H groups in total. The Bertz CT molecular complexity index is 450. The third-order valence-corrected chi connectivity index (χ3v) is 4.00. The van der Waals surface area contributed by atoms with Crippen molar-refractivity contribution in [1.82, 2.24) is 10.3 Å². The fraction of sp³-hybridized carbons (Fsp3) is 0.625. The van der Waals surface area contributed by atoms with E-state index in [9.17, 15) is 4.79 Å². The standard InChI is InChI=1S/C16H26N4O/c1-12-6-9-20(10-7-12)15-4-3-14(11-19-15)16(21)18-8-5-13(2)17/h3-4,11-13H,5-10,17H2,1-2H3,(H,18,21). The summed E-state index contributed by atoms with van der Waals surface area (Å²) in [6.45, 7) is 6.92. The second-order valence-electron chi connectivity index (χ2n) is 6.10. The number of hydrogen-bond donors (Lipinski definition) is 2. The van der Waals surface area contributed by atoms with Crippen LogP contribution in [-0.4, -0.2) is 36.6 Å². The van der Waals surface area contributed by atoms with E-state index in [0.717, 1.165) is 31.2 Å². The number of amides is 1. The SMILES string of the molecule is CC(N)CCNC(=O)c1ccc(N2CCC(C)CC2)nc1. The molecule has 2 heterocycles. The van der Waals surface area contributed by atoms with E-state index < -0.39 is 0 Å². The Morgan fingerprint density at radius 2 is 2.19 bits per heavy atom. The number of aromatic nitrogens is 1. The molecule has 0 spiro atoms. The minimum absolute atomic E-state index is 0.0815. The number of carbonyl (C=O) groups excluding carboxylic acids is 1. The van der Waals surface area contributed by atoms with Gasteiger partial charge in [-0.15, -0.1) is 0 Å². The van der Waals surface area contributed by atoms with Gasteiger partial charge in [-0.1, -0.05) is 6.92 Å². The molecule has 0 aliphatic carbocycles. The maximum absolute atomic E-state index is 12.0. The molecule has 0 radical (unpaired) electrons. The van der Waals surface area contributed by atoms with Crippen LogP contribution in [0.5, 0.6) is 0 Å². The molecule has 0 saturated carbocycles. The summed E-state index contributed by atoms with van der Waals surface area (Å²) >= 11 is 0. The lowest BCUT2D eigenvalue weighted by atomic mass is 9.99. The monoisotopic (exact) mass is 290 g/mol. The Kier molecular flexibility index (Phi) is 5.56. The molecular formula is C16H26N4O. The number of hydrogen-bond acceptors (Lipinski definition) is 4. The summed E-state index contributed by atoms with van der Waals surface area (Å²) in [6, 6.07) is 3.89. The topological polar surface area (TPSA) is 71.2 Å². The number of piperidine rings is 1. The van der Waals surface area contributed by atoms with Gasteiger partial charge in [-0.3, -0.25) is 4.79 Å². The van der Waals surface area contributed by atoms with E-state index in [0.29, 0.717) is 12.1 Å². The van der Waals surface area contributed by atoms with Crippen LogP contribution >= 0.6 is 0 Å². The van der Waals surface area contributed by atoms with Crippen molar-refractivity contribution < 1.29 is 4.79 Å². The van der Waals surface area contributed by atoms with Crippen LogP contribution in [0.1, 0.15) is 43.5 Å². The van der Waals surface area contributed by atoms with Gasteiger partial charge in [0.2, 0.25) is 0 Å². The van der Waals surface area contributed by atoms with Gasteiger partial charge in [0, 0.05) is 31.9 Å². The zero-order valence-electron chi connectivity index (χ0n) is 13.0. The molecule has 5 heteroatoms. The molecule has 1 fully saturated rings. The molecule has 21 heavy (non-hydrogen) atoms. The Hall–Kier alpha value is -1.62. The lowest BCUT2D eigenvalue weighted by Crippen LogP contribution is -2.33. The van der Waals surface area contributed by atoms with E-state index in [2.05, 4.69) is 22.1 Å². The van der Waals surface area contributed by atoms with Crippen LogP contribution in [0.15, 0.2) is 18.3 Å². The first-order chi connectivity index (χ1) is 10.1. The molecule has 0 aromatic carbocycles. The lowest BCUT2D eigenvalue weighted by Gasteiger charge is -2.31. The molecule has 1 atom stereocenters. The summed E-state index contributed by atoms with van der Waals surface area (Å²) < 4.78 is 0. The molecule has 0 bridgehead atoms. The number of nitrogens with two attached hydrogens (primary N) is 1. The summed E-state index contributed by atoms with van der Waals surface area (Å²) in [7, 11) is 0. The second kappa shape index (κ2) is 7.41. The fourth-order valence-corrected chi connectivity index (χ4v) is 2.46. The Morgan fingerprint density at radius 3 is 2.76 bits per heavy atom. The number of rotatable bonds is 5. The number of nitrogens with one attached hydrogen (secondary N) is 1. The van der Waals surface area contributed by atoms with Gasteiger partial charge in [0.05, 0.1) is 5.56 Å². The summed E-state index contributed by atoms with van der Waals surface area (Å²) in [5.41, 5.74) is 6.27. The number of pyridine rings is 1. The van der Waals surface area contributed by atoms with Crippen molar-refractivity contribution in [1.29, 1.82) is 0 Å². The van der Waals surface area contributed by atoms with E-state index in [1.54, 1.807) is 6.20 Å². The fourth-order valence-electron chi connectivity index (χ4n) is 2.46. The van der Waals surface area contributed by atoms with E-state index in [4.69, 9.17) is 5.73 Å². The molecule has 1 amide bonds. The molecule has 5 nitrogen and oxygen atoms in total. The highest BCUT2D eigenvalue weighted by molar-refractivity contribution is 5.94. The maximum atomic E-state index is 12.0. The number of nitrogens with zero attached hydrogens (tertiary/aromatic N) is 2. The molecule has 1 saturated heterocycles. The molecule has 116 valence electrons. The second-order valence-corrected chi connectivity index (χ2v) is 6.10. The van der Waals surface area contributed by atoms with Crippen LogP contribution in [0.2, 0.25) is 0 Å². The number of anilines is 1. The van der Waals surface area contributed by atoms with Gasteiger partial charge < -0.3 is 16.0 Å². The van der Waals surface area contributed by atoms with Crippen LogP contribution < -0.4 is 16.0 Å². The third kappa shape index (κ3) is 4.70. The Labute approximate surface area is 126 Å². The van der Waals surface area contributed by atoms with E-state index in [-0.39, 0.29) is 11.9 Å². The van der Waals surface area contributed by atoms with E-state index in [1.807, 2.05) is 19.1 Å².